The molecule has 4 heteroatoms. The summed E-state index contributed by atoms with van der Waals surface area (Å²) in [5.74, 6) is 0.511. The normalized spacial score (nSPS) is 12.5. The molecule has 1 unspecified atom stereocenters. The summed E-state index contributed by atoms with van der Waals surface area (Å²) in [6, 6.07) is 10.8. The Kier molecular flexibility index (Phi) is 7.44. The van der Waals surface area contributed by atoms with Crippen molar-refractivity contribution in [3.05, 3.63) is 56.7 Å². The van der Waals surface area contributed by atoms with Crippen LogP contribution in [0.25, 0.3) is 0 Å². The van der Waals surface area contributed by atoms with Gasteiger partial charge in [-0.3, -0.25) is 0 Å². The third-order valence-electron chi connectivity index (χ3n) is 3.58. The molecule has 2 nitrogen and oxygen atoms in total. The van der Waals surface area contributed by atoms with E-state index in [1.807, 2.05) is 0 Å². The number of nitrogens with one attached hydrogen (secondary N) is 1. The standard InChI is InChI=1S/C17H22BrNOS/c1-20-10-9-19-12-15(7-6-14-8-11-21-13-14)16-4-2-3-5-17(16)18/h2-5,8,11,13,15,19H,6-7,9-10,12H2,1H3. The van der Waals surface area contributed by atoms with Crippen molar-refractivity contribution in [3.8, 4) is 0 Å². The maximum absolute atomic E-state index is 5.10. The Labute approximate surface area is 139 Å². The van der Waals surface area contributed by atoms with E-state index in [-0.39, 0.29) is 0 Å². The van der Waals surface area contributed by atoms with Gasteiger partial charge < -0.3 is 10.1 Å². The molecule has 1 aromatic heterocycles. The zero-order valence-corrected chi connectivity index (χ0v) is 14.8. The second-order valence-corrected chi connectivity index (χ2v) is 6.72. The molecule has 0 radical (unpaired) electrons. The van der Waals surface area contributed by atoms with E-state index in [1.54, 1.807) is 18.4 Å². The second-order valence-electron chi connectivity index (χ2n) is 5.09. The fourth-order valence-corrected chi connectivity index (χ4v) is 3.71. The maximum atomic E-state index is 5.10. The van der Waals surface area contributed by atoms with Crippen molar-refractivity contribution < 1.29 is 4.74 Å². The fraction of sp³-hybridized carbons (Fsp3) is 0.412. The van der Waals surface area contributed by atoms with Crippen LogP contribution in [0, 0.1) is 0 Å². The van der Waals surface area contributed by atoms with Crippen LogP contribution < -0.4 is 5.32 Å². The van der Waals surface area contributed by atoms with Gasteiger partial charge >= 0.3 is 0 Å². The lowest BCUT2D eigenvalue weighted by Gasteiger charge is -2.19. The van der Waals surface area contributed by atoms with Gasteiger partial charge in [0, 0.05) is 24.7 Å². The number of ether oxygens (including phenoxy) is 1. The summed E-state index contributed by atoms with van der Waals surface area (Å²) < 4.78 is 6.30. The molecule has 1 heterocycles. The molecule has 0 amide bonds. The van der Waals surface area contributed by atoms with E-state index < -0.39 is 0 Å². The topological polar surface area (TPSA) is 21.3 Å². The summed E-state index contributed by atoms with van der Waals surface area (Å²) in [5, 5.41) is 7.90. The fourth-order valence-electron chi connectivity index (χ4n) is 2.40. The van der Waals surface area contributed by atoms with Gasteiger partial charge in [0.25, 0.3) is 0 Å². The minimum atomic E-state index is 0.511. The molecule has 0 bridgehead atoms. The molecule has 0 saturated heterocycles. The molecule has 1 aromatic carbocycles. The maximum Gasteiger partial charge on any atom is 0.0587 e. The first-order valence-electron chi connectivity index (χ1n) is 7.26. The van der Waals surface area contributed by atoms with Crippen molar-refractivity contribution in [1.82, 2.24) is 5.32 Å². The second kappa shape index (κ2) is 9.36. The van der Waals surface area contributed by atoms with Crippen LogP contribution in [0.4, 0.5) is 0 Å². The van der Waals surface area contributed by atoms with Crippen molar-refractivity contribution in [2.75, 3.05) is 26.8 Å². The smallest absolute Gasteiger partial charge is 0.0587 e. The van der Waals surface area contributed by atoms with Crippen LogP contribution in [-0.4, -0.2) is 26.8 Å². The number of halogens is 1. The largest absolute Gasteiger partial charge is 0.383 e. The summed E-state index contributed by atoms with van der Waals surface area (Å²) in [6.07, 6.45) is 2.28. The Morgan fingerprint density at radius 3 is 2.86 bits per heavy atom. The molecule has 2 aromatic rings. The highest BCUT2D eigenvalue weighted by molar-refractivity contribution is 9.10. The molecule has 0 spiro atoms. The third kappa shape index (κ3) is 5.55. The lowest BCUT2D eigenvalue weighted by atomic mass is 9.93. The van der Waals surface area contributed by atoms with E-state index in [2.05, 4.69) is 62.3 Å². The van der Waals surface area contributed by atoms with E-state index in [0.717, 1.165) is 32.5 Å². The lowest BCUT2D eigenvalue weighted by molar-refractivity contribution is 0.198. The number of aryl methyl sites for hydroxylation is 1. The van der Waals surface area contributed by atoms with Crippen molar-refractivity contribution in [3.63, 3.8) is 0 Å². The molecule has 0 aliphatic carbocycles. The van der Waals surface area contributed by atoms with Crippen LogP contribution in [0.5, 0.6) is 0 Å². The first kappa shape index (κ1) is 16.7. The van der Waals surface area contributed by atoms with Crippen LogP contribution in [-0.2, 0) is 11.2 Å². The summed E-state index contributed by atoms with van der Waals surface area (Å²) in [7, 11) is 1.74. The molecule has 0 aliphatic heterocycles. The van der Waals surface area contributed by atoms with Gasteiger partial charge in [-0.25, -0.2) is 0 Å². The Balaban J connectivity index is 1.97. The Morgan fingerprint density at radius 1 is 1.29 bits per heavy atom. The number of rotatable bonds is 9. The lowest BCUT2D eigenvalue weighted by Crippen LogP contribution is -2.25. The van der Waals surface area contributed by atoms with Gasteiger partial charge in [-0.05, 0) is 52.8 Å². The van der Waals surface area contributed by atoms with Gasteiger partial charge in [0.05, 0.1) is 6.61 Å². The monoisotopic (exact) mass is 367 g/mol. The minimum absolute atomic E-state index is 0.511. The first-order chi connectivity index (χ1) is 10.3. The van der Waals surface area contributed by atoms with Gasteiger partial charge in [0.2, 0.25) is 0 Å². The van der Waals surface area contributed by atoms with Gasteiger partial charge in [-0.1, -0.05) is 34.1 Å². The average molecular weight is 368 g/mol. The van der Waals surface area contributed by atoms with Crippen LogP contribution in [0.15, 0.2) is 45.6 Å². The number of hydrogen-bond acceptors (Lipinski definition) is 3. The Hall–Kier alpha value is -0.680. The molecule has 0 saturated carbocycles. The van der Waals surface area contributed by atoms with Gasteiger partial charge in [0.1, 0.15) is 0 Å². The van der Waals surface area contributed by atoms with Crippen molar-refractivity contribution in [1.29, 1.82) is 0 Å². The molecular formula is C17H22BrNOS. The number of hydrogen-bond donors (Lipinski definition) is 1. The quantitative estimate of drug-likeness (QED) is 0.660. The van der Waals surface area contributed by atoms with E-state index in [0.29, 0.717) is 5.92 Å². The molecular weight excluding hydrogens is 346 g/mol. The zero-order chi connectivity index (χ0) is 14.9. The molecule has 1 N–H and O–H groups in total. The first-order valence-corrected chi connectivity index (χ1v) is 9.00. The van der Waals surface area contributed by atoms with E-state index >= 15 is 0 Å². The third-order valence-corrected chi connectivity index (χ3v) is 5.03. The van der Waals surface area contributed by atoms with Gasteiger partial charge in [0.15, 0.2) is 0 Å². The summed E-state index contributed by atoms with van der Waals surface area (Å²) >= 11 is 5.46. The van der Waals surface area contributed by atoms with Crippen molar-refractivity contribution >= 4 is 27.3 Å². The van der Waals surface area contributed by atoms with E-state index in [4.69, 9.17) is 4.74 Å². The number of methoxy groups -OCH3 is 1. The summed E-state index contributed by atoms with van der Waals surface area (Å²) in [5.41, 5.74) is 2.83. The summed E-state index contributed by atoms with van der Waals surface area (Å²) in [4.78, 5) is 0. The Morgan fingerprint density at radius 2 is 2.14 bits per heavy atom. The average Bonchev–Trinajstić information content (AvgIpc) is 3.01. The number of benzene rings is 1. The SMILES string of the molecule is COCCNCC(CCc1ccsc1)c1ccccc1Br. The van der Waals surface area contributed by atoms with Gasteiger partial charge in [-0.2, -0.15) is 11.3 Å². The predicted octanol–water partition coefficient (Wildman–Crippen LogP) is 4.46. The van der Waals surface area contributed by atoms with E-state index in [9.17, 15) is 0 Å². The highest BCUT2D eigenvalue weighted by Gasteiger charge is 2.14. The minimum Gasteiger partial charge on any atom is -0.383 e. The van der Waals surface area contributed by atoms with Crippen LogP contribution in [0.1, 0.15) is 23.5 Å². The van der Waals surface area contributed by atoms with Crippen LogP contribution >= 0.6 is 27.3 Å². The highest BCUT2D eigenvalue weighted by Crippen LogP contribution is 2.28. The predicted molar refractivity (Wildman–Crippen MR) is 94.3 cm³/mol. The molecule has 114 valence electrons. The Bertz CT molecular complexity index is 515. The molecule has 0 aliphatic rings. The van der Waals surface area contributed by atoms with Crippen LogP contribution in [0.2, 0.25) is 0 Å². The van der Waals surface area contributed by atoms with Crippen molar-refractivity contribution in [2.45, 2.75) is 18.8 Å². The van der Waals surface area contributed by atoms with Crippen LogP contribution in [0.3, 0.4) is 0 Å². The van der Waals surface area contributed by atoms with E-state index in [1.165, 1.54) is 15.6 Å². The molecule has 1 atom stereocenters. The molecule has 21 heavy (non-hydrogen) atoms. The highest BCUT2D eigenvalue weighted by atomic mass is 79.9. The summed E-state index contributed by atoms with van der Waals surface area (Å²) in [6.45, 7) is 2.64. The van der Waals surface area contributed by atoms with Crippen molar-refractivity contribution in [2.24, 2.45) is 0 Å². The number of thiophene rings is 1. The van der Waals surface area contributed by atoms with Gasteiger partial charge in [-0.15, -0.1) is 0 Å². The molecule has 2 rings (SSSR count). The molecule has 0 fully saturated rings. The zero-order valence-electron chi connectivity index (χ0n) is 12.3.